The SMILES string of the molecule is CCc1nn(C)c(CC)c1CN=C(NCCCN(C)c1ccccc1)NCC(=O)N(C)C.I. The molecular formula is C24H40IN7O. The Kier molecular flexibility index (Phi) is 12.9. The van der Waals surface area contributed by atoms with Gasteiger partial charge in [-0.3, -0.25) is 9.48 Å². The van der Waals surface area contributed by atoms with Crippen LogP contribution in [0.15, 0.2) is 35.3 Å². The van der Waals surface area contributed by atoms with Crippen molar-refractivity contribution in [2.24, 2.45) is 12.0 Å². The average Bonchev–Trinajstić information content (AvgIpc) is 3.12. The summed E-state index contributed by atoms with van der Waals surface area (Å²) >= 11 is 0. The minimum atomic E-state index is 0. The molecule has 0 atom stereocenters. The molecule has 8 nitrogen and oxygen atoms in total. The highest BCUT2D eigenvalue weighted by Gasteiger charge is 2.14. The number of carbonyl (C=O) groups excluding carboxylic acids is 1. The van der Waals surface area contributed by atoms with Crippen LogP contribution in [-0.2, 0) is 31.2 Å². The fraction of sp³-hybridized carbons (Fsp3) is 0.542. The molecular weight excluding hydrogens is 529 g/mol. The van der Waals surface area contributed by atoms with Gasteiger partial charge in [0, 0.05) is 58.2 Å². The number of hydrogen-bond donors (Lipinski definition) is 2. The zero-order valence-corrected chi connectivity index (χ0v) is 23.2. The summed E-state index contributed by atoms with van der Waals surface area (Å²) in [5.74, 6) is 0.656. The van der Waals surface area contributed by atoms with Gasteiger partial charge in [0.1, 0.15) is 0 Å². The summed E-state index contributed by atoms with van der Waals surface area (Å²) < 4.78 is 1.96. The molecule has 2 N–H and O–H groups in total. The maximum absolute atomic E-state index is 12.1. The van der Waals surface area contributed by atoms with Crippen LogP contribution in [0.2, 0.25) is 0 Å². The summed E-state index contributed by atoms with van der Waals surface area (Å²) in [7, 11) is 7.59. The van der Waals surface area contributed by atoms with Gasteiger partial charge in [-0.2, -0.15) is 5.10 Å². The first-order valence-electron chi connectivity index (χ1n) is 11.4. The third kappa shape index (κ3) is 8.87. The van der Waals surface area contributed by atoms with E-state index in [0.29, 0.717) is 12.5 Å². The lowest BCUT2D eigenvalue weighted by molar-refractivity contribution is -0.127. The molecule has 9 heteroatoms. The van der Waals surface area contributed by atoms with Crippen molar-refractivity contribution in [3.05, 3.63) is 47.3 Å². The molecule has 0 aliphatic carbocycles. The summed E-state index contributed by atoms with van der Waals surface area (Å²) in [6, 6.07) is 10.3. The van der Waals surface area contributed by atoms with E-state index in [1.165, 1.54) is 16.9 Å². The third-order valence-electron chi connectivity index (χ3n) is 5.49. The predicted molar refractivity (Wildman–Crippen MR) is 148 cm³/mol. The molecule has 0 unspecified atom stereocenters. The Labute approximate surface area is 215 Å². The number of para-hydroxylation sites is 1. The van der Waals surface area contributed by atoms with Gasteiger partial charge in [-0.1, -0.05) is 32.0 Å². The number of guanidine groups is 1. The number of hydrogen-bond acceptors (Lipinski definition) is 4. The first kappa shape index (κ1) is 28.7. The van der Waals surface area contributed by atoms with Gasteiger partial charge in [-0.15, -0.1) is 24.0 Å². The maximum Gasteiger partial charge on any atom is 0.241 e. The maximum atomic E-state index is 12.1. The van der Waals surface area contributed by atoms with Crippen LogP contribution in [0.3, 0.4) is 0 Å². The first-order valence-corrected chi connectivity index (χ1v) is 11.4. The minimum Gasteiger partial charge on any atom is -0.375 e. The second-order valence-corrected chi connectivity index (χ2v) is 8.05. The van der Waals surface area contributed by atoms with Crippen molar-refractivity contribution in [1.29, 1.82) is 0 Å². The second-order valence-electron chi connectivity index (χ2n) is 8.05. The van der Waals surface area contributed by atoms with Crippen LogP contribution in [0, 0.1) is 0 Å². The summed E-state index contributed by atoms with van der Waals surface area (Å²) in [6.07, 6.45) is 2.73. The molecule has 1 heterocycles. The number of amides is 1. The van der Waals surface area contributed by atoms with Crippen LogP contribution in [0.25, 0.3) is 0 Å². The van der Waals surface area contributed by atoms with E-state index in [1.54, 1.807) is 19.0 Å². The Hall–Kier alpha value is -2.30. The Balaban J connectivity index is 0.00000544. The van der Waals surface area contributed by atoms with Crippen LogP contribution in [0.4, 0.5) is 5.69 Å². The molecule has 33 heavy (non-hydrogen) atoms. The smallest absolute Gasteiger partial charge is 0.241 e. The van der Waals surface area contributed by atoms with E-state index >= 15 is 0 Å². The van der Waals surface area contributed by atoms with E-state index in [1.807, 2.05) is 29.9 Å². The highest BCUT2D eigenvalue weighted by Crippen LogP contribution is 2.16. The van der Waals surface area contributed by atoms with Crippen LogP contribution < -0.4 is 15.5 Å². The van der Waals surface area contributed by atoms with Crippen molar-refractivity contribution in [2.75, 3.05) is 45.7 Å². The summed E-state index contributed by atoms with van der Waals surface area (Å²) in [5.41, 5.74) is 4.67. The Morgan fingerprint density at radius 2 is 1.79 bits per heavy atom. The number of rotatable bonds is 11. The predicted octanol–water partition coefficient (Wildman–Crippen LogP) is 2.81. The molecule has 1 amide bonds. The summed E-state index contributed by atoms with van der Waals surface area (Å²) in [4.78, 5) is 20.7. The number of nitrogens with one attached hydrogen (secondary N) is 2. The number of aromatic nitrogens is 2. The van der Waals surface area contributed by atoms with Crippen molar-refractivity contribution in [3.8, 4) is 0 Å². The molecule has 184 valence electrons. The van der Waals surface area contributed by atoms with E-state index in [4.69, 9.17) is 4.99 Å². The molecule has 0 bridgehead atoms. The number of likely N-dealkylation sites (N-methyl/N-ethyl adjacent to an activating group) is 1. The molecule has 1 aromatic carbocycles. The average molecular weight is 570 g/mol. The molecule has 1 aromatic heterocycles. The number of aryl methyl sites for hydroxylation is 2. The quantitative estimate of drug-likeness (QED) is 0.189. The molecule has 0 fully saturated rings. The largest absolute Gasteiger partial charge is 0.375 e. The van der Waals surface area contributed by atoms with Crippen molar-refractivity contribution < 1.29 is 4.79 Å². The minimum absolute atomic E-state index is 0. The van der Waals surface area contributed by atoms with Crippen molar-refractivity contribution in [1.82, 2.24) is 25.3 Å². The number of anilines is 1. The second kappa shape index (κ2) is 14.8. The summed E-state index contributed by atoms with van der Waals surface area (Å²) in [6.45, 7) is 6.68. The normalized spacial score (nSPS) is 11.0. The molecule has 0 saturated heterocycles. The fourth-order valence-corrected chi connectivity index (χ4v) is 3.56. The van der Waals surface area contributed by atoms with Crippen LogP contribution >= 0.6 is 24.0 Å². The zero-order chi connectivity index (χ0) is 23.5. The lowest BCUT2D eigenvalue weighted by Gasteiger charge is -2.20. The van der Waals surface area contributed by atoms with Gasteiger partial charge < -0.3 is 20.4 Å². The molecule has 2 aromatic rings. The number of carbonyl (C=O) groups is 1. The van der Waals surface area contributed by atoms with E-state index in [9.17, 15) is 4.79 Å². The van der Waals surface area contributed by atoms with Gasteiger partial charge >= 0.3 is 0 Å². The Morgan fingerprint density at radius 3 is 2.39 bits per heavy atom. The van der Waals surface area contributed by atoms with E-state index in [0.717, 1.165) is 38.0 Å². The highest BCUT2D eigenvalue weighted by atomic mass is 127. The van der Waals surface area contributed by atoms with Gasteiger partial charge in [0.25, 0.3) is 0 Å². The molecule has 0 saturated carbocycles. The molecule has 2 rings (SSSR count). The highest BCUT2D eigenvalue weighted by molar-refractivity contribution is 14.0. The van der Waals surface area contributed by atoms with Crippen LogP contribution in [0.1, 0.15) is 37.2 Å². The van der Waals surface area contributed by atoms with Crippen LogP contribution in [0.5, 0.6) is 0 Å². The summed E-state index contributed by atoms with van der Waals surface area (Å²) in [5, 5.41) is 11.2. The third-order valence-corrected chi connectivity index (χ3v) is 5.49. The number of benzene rings is 1. The van der Waals surface area contributed by atoms with Crippen molar-refractivity contribution in [2.45, 2.75) is 39.7 Å². The molecule has 0 spiro atoms. The van der Waals surface area contributed by atoms with Crippen LogP contribution in [-0.4, -0.2) is 67.3 Å². The monoisotopic (exact) mass is 569 g/mol. The lowest BCUT2D eigenvalue weighted by atomic mass is 10.1. The van der Waals surface area contributed by atoms with E-state index in [-0.39, 0.29) is 36.4 Å². The van der Waals surface area contributed by atoms with E-state index < -0.39 is 0 Å². The number of halogens is 1. The van der Waals surface area contributed by atoms with Gasteiger partial charge in [-0.05, 0) is 31.4 Å². The van der Waals surface area contributed by atoms with Gasteiger partial charge in [0.05, 0.1) is 18.8 Å². The Morgan fingerprint density at radius 1 is 1.09 bits per heavy atom. The fourth-order valence-electron chi connectivity index (χ4n) is 3.56. The lowest BCUT2D eigenvalue weighted by Crippen LogP contribution is -2.43. The Bertz CT molecular complexity index is 880. The standard InChI is InChI=1S/C24H39N7O.HI/c1-7-21-20(22(8-2)31(6)28-21)17-26-24(27-18-23(32)29(3)4)25-15-12-16-30(5)19-13-10-9-11-14-19;/h9-11,13-14H,7-8,12,15-18H2,1-6H3,(H2,25,26,27);1H. The van der Waals surface area contributed by atoms with E-state index in [2.05, 4.69) is 53.7 Å². The van der Waals surface area contributed by atoms with Gasteiger partial charge in [-0.25, -0.2) is 4.99 Å². The van der Waals surface area contributed by atoms with Gasteiger partial charge in [0.2, 0.25) is 5.91 Å². The topological polar surface area (TPSA) is 77.8 Å². The number of nitrogens with zero attached hydrogens (tertiary/aromatic N) is 5. The van der Waals surface area contributed by atoms with Gasteiger partial charge in [0.15, 0.2) is 5.96 Å². The first-order chi connectivity index (χ1) is 15.4. The molecule has 0 radical (unpaired) electrons. The number of aliphatic imine (C=N–C) groups is 1. The molecule has 0 aliphatic rings. The molecule has 0 aliphatic heterocycles. The van der Waals surface area contributed by atoms with Crippen molar-refractivity contribution >= 4 is 41.5 Å². The van der Waals surface area contributed by atoms with Crippen molar-refractivity contribution in [3.63, 3.8) is 0 Å². The zero-order valence-electron chi connectivity index (χ0n) is 20.9.